The topological polar surface area (TPSA) is 135 Å². The first-order chi connectivity index (χ1) is 13.5. The molecule has 140 valence electrons. The van der Waals surface area contributed by atoms with Crippen molar-refractivity contribution in [1.29, 1.82) is 0 Å². The molecule has 0 saturated carbocycles. The lowest BCUT2D eigenvalue weighted by Gasteiger charge is -2.00. The molecule has 3 rings (SSSR count). The highest BCUT2D eigenvalue weighted by Gasteiger charge is 2.18. The Morgan fingerprint density at radius 2 is 1.89 bits per heavy atom. The van der Waals surface area contributed by atoms with Crippen LogP contribution in [-0.2, 0) is 0 Å². The Hall–Kier alpha value is -4.27. The molecule has 0 aliphatic heterocycles. The molecule has 1 heterocycles. The van der Waals surface area contributed by atoms with Crippen molar-refractivity contribution in [2.24, 2.45) is 5.10 Å². The van der Waals surface area contributed by atoms with Crippen LogP contribution in [0, 0.1) is 10.1 Å². The Labute approximate surface area is 158 Å². The maximum atomic E-state index is 12.1. The molecule has 0 aliphatic carbocycles. The van der Waals surface area contributed by atoms with Crippen LogP contribution in [0.5, 0.6) is 0 Å². The molecule has 0 saturated heterocycles. The van der Waals surface area contributed by atoms with Crippen LogP contribution < -0.4 is 5.43 Å². The number of carboxylic acid groups (broad SMARTS) is 1. The number of para-hydroxylation sites is 1. The summed E-state index contributed by atoms with van der Waals surface area (Å²) in [7, 11) is 0. The first-order valence-corrected chi connectivity index (χ1v) is 7.96. The summed E-state index contributed by atoms with van der Waals surface area (Å²) in [5, 5.41) is 23.7. The molecule has 3 aromatic rings. The SMILES string of the molecule is O=C(O)c1cccc(-c2ccc(/C=N\NC(=O)c3ccccc3[N+](=O)[O-])o2)c1. The standard InChI is InChI=1S/C19H13N3O6/c23-18(15-6-1-2-7-16(15)22(26)27)21-20-11-14-8-9-17(28-14)12-4-3-5-13(10-12)19(24)25/h1-11H,(H,21,23)(H,24,25)/b20-11-. The molecule has 1 aromatic heterocycles. The van der Waals surface area contributed by atoms with E-state index in [0.29, 0.717) is 17.1 Å². The Morgan fingerprint density at radius 1 is 1.11 bits per heavy atom. The van der Waals surface area contributed by atoms with Crippen LogP contribution in [0.4, 0.5) is 5.69 Å². The number of hydrogen-bond acceptors (Lipinski definition) is 6. The minimum atomic E-state index is -1.05. The predicted molar refractivity (Wildman–Crippen MR) is 99.3 cm³/mol. The van der Waals surface area contributed by atoms with Gasteiger partial charge in [0.2, 0.25) is 0 Å². The number of nitro groups is 1. The number of furan rings is 1. The molecule has 0 spiro atoms. The molecular formula is C19H13N3O6. The third-order valence-corrected chi connectivity index (χ3v) is 3.72. The molecule has 9 heteroatoms. The van der Waals surface area contributed by atoms with Crippen LogP contribution in [-0.4, -0.2) is 28.1 Å². The second kappa shape index (κ2) is 7.96. The number of carbonyl (C=O) groups excluding carboxylic acids is 1. The summed E-state index contributed by atoms with van der Waals surface area (Å²) < 4.78 is 5.55. The van der Waals surface area contributed by atoms with Gasteiger partial charge in [-0.05, 0) is 30.3 Å². The third-order valence-electron chi connectivity index (χ3n) is 3.72. The van der Waals surface area contributed by atoms with E-state index in [-0.39, 0.29) is 16.8 Å². The van der Waals surface area contributed by atoms with E-state index in [4.69, 9.17) is 9.52 Å². The smallest absolute Gasteiger partial charge is 0.335 e. The summed E-state index contributed by atoms with van der Waals surface area (Å²) in [6.45, 7) is 0. The average molecular weight is 379 g/mol. The largest absolute Gasteiger partial charge is 0.478 e. The van der Waals surface area contributed by atoms with Gasteiger partial charge >= 0.3 is 5.97 Å². The number of nitro benzene ring substituents is 1. The number of hydrazone groups is 1. The van der Waals surface area contributed by atoms with Crippen LogP contribution in [0.2, 0.25) is 0 Å². The van der Waals surface area contributed by atoms with Crippen molar-refractivity contribution in [3.05, 3.63) is 87.7 Å². The molecule has 0 fully saturated rings. The first-order valence-electron chi connectivity index (χ1n) is 7.96. The van der Waals surface area contributed by atoms with E-state index in [1.54, 1.807) is 24.3 Å². The van der Waals surface area contributed by atoms with Gasteiger partial charge in [0.25, 0.3) is 11.6 Å². The summed E-state index contributed by atoms with van der Waals surface area (Å²) in [6, 6.07) is 15.0. The number of nitrogens with one attached hydrogen (secondary N) is 1. The van der Waals surface area contributed by atoms with Crippen molar-refractivity contribution in [3.63, 3.8) is 0 Å². The third kappa shape index (κ3) is 4.10. The van der Waals surface area contributed by atoms with E-state index in [1.807, 2.05) is 0 Å². The van der Waals surface area contributed by atoms with Crippen LogP contribution in [0.15, 0.2) is 70.2 Å². The highest BCUT2D eigenvalue weighted by atomic mass is 16.6. The van der Waals surface area contributed by atoms with Crippen molar-refractivity contribution in [1.82, 2.24) is 5.43 Å². The van der Waals surface area contributed by atoms with E-state index in [1.165, 1.54) is 42.6 Å². The number of hydrogen-bond donors (Lipinski definition) is 2. The van der Waals surface area contributed by atoms with Gasteiger partial charge < -0.3 is 9.52 Å². The van der Waals surface area contributed by atoms with Crippen molar-refractivity contribution in [2.75, 3.05) is 0 Å². The number of carboxylic acids is 1. The fourth-order valence-corrected chi connectivity index (χ4v) is 2.42. The quantitative estimate of drug-likeness (QED) is 0.383. The van der Waals surface area contributed by atoms with Crippen molar-refractivity contribution < 1.29 is 24.0 Å². The fraction of sp³-hybridized carbons (Fsp3) is 0. The van der Waals surface area contributed by atoms with E-state index < -0.39 is 16.8 Å². The van der Waals surface area contributed by atoms with Crippen molar-refractivity contribution >= 4 is 23.8 Å². The summed E-state index contributed by atoms with van der Waals surface area (Å²) in [6.07, 6.45) is 1.23. The molecule has 2 aromatic carbocycles. The van der Waals surface area contributed by atoms with Crippen molar-refractivity contribution in [3.8, 4) is 11.3 Å². The Morgan fingerprint density at radius 3 is 2.64 bits per heavy atom. The predicted octanol–water partition coefficient (Wildman–Crippen LogP) is 3.32. The first kappa shape index (κ1) is 18.5. The van der Waals surface area contributed by atoms with E-state index >= 15 is 0 Å². The van der Waals surface area contributed by atoms with Gasteiger partial charge in [0.1, 0.15) is 17.1 Å². The van der Waals surface area contributed by atoms with E-state index in [9.17, 15) is 19.7 Å². The van der Waals surface area contributed by atoms with Crippen LogP contribution in [0.1, 0.15) is 26.5 Å². The number of amides is 1. The highest BCUT2D eigenvalue weighted by molar-refractivity contribution is 5.98. The molecule has 2 N–H and O–H groups in total. The van der Waals surface area contributed by atoms with Gasteiger partial charge in [0.15, 0.2) is 0 Å². The lowest BCUT2D eigenvalue weighted by atomic mass is 10.1. The molecular weight excluding hydrogens is 366 g/mol. The van der Waals surface area contributed by atoms with Gasteiger partial charge in [-0.1, -0.05) is 24.3 Å². The Balaban J connectivity index is 1.71. The fourth-order valence-electron chi connectivity index (χ4n) is 2.42. The van der Waals surface area contributed by atoms with Crippen LogP contribution in [0.3, 0.4) is 0 Å². The van der Waals surface area contributed by atoms with Crippen LogP contribution in [0.25, 0.3) is 11.3 Å². The molecule has 0 bridgehead atoms. The average Bonchev–Trinajstić information content (AvgIpc) is 3.17. The lowest BCUT2D eigenvalue weighted by molar-refractivity contribution is -0.385. The number of benzene rings is 2. The molecule has 9 nitrogen and oxygen atoms in total. The minimum absolute atomic E-state index is 0.115. The highest BCUT2D eigenvalue weighted by Crippen LogP contribution is 2.22. The number of rotatable bonds is 6. The molecule has 0 unspecified atom stereocenters. The lowest BCUT2D eigenvalue weighted by Crippen LogP contribution is -2.18. The summed E-state index contributed by atoms with van der Waals surface area (Å²) in [5.74, 6) is -1.05. The Kier molecular flexibility index (Phi) is 5.26. The van der Waals surface area contributed by atoms with E-state index in [0.717, 1.165) is 0 Å². The van der Waals surface area contributed by atoms with Gasteiger partial charge in [0, 0.05) is 11.6 Å². The molecule has 0 aliphatic rings. The second-order valence-corrected chi connectivity index (χ2v) is 5.56. The zero-order valence-electron chi connectivity index (χ0n) is 14.2. The van der Waals surface area contributed by atoms with Crippen LogP contribution >= 0.6 is 0 Å². The zero-order chi connectivity index (χ0) is 20.1. The van der Waals surface area contributed by atoms with Crippen molar-refractivity contribution in [2.45, 2.75) is 0 Å². The molecule has 0 radical (unpaired) electrons. The maximum absolute atomic E-state index is 12.1. The van der Waals surface area contributed by atoms with E-state index in [2.05, 4.69) is 10.5 Å². The summed E-state index contributed by atoms with van der Waals surface area (Å²) in [5.41, 5.74) is 2.46. The molecule has 28 heavy (non-hydrogen) atoms. The van der Waals surface area contributed by atoms with Gasteiger partial charge in [-0.25, -0.2) is 10.2 Å². The molecule has 1 amide bonds. The normalized spacial score (nSPS) is 10.7. The zero-order valence-corrected chi connectivity index (χ0v) is 14.2. The number of carbonyl (C=O) groups is 2. The number of aromatic carboxylic acids is 1. The van der Waals surface area contributed by atoms with Gasteiger partial charge in [-0.15, -0.1) is 0 Å². The van der Waals surface area contributed by atoms with Gasteiger partial charge in [-0.3, -0.25) is 14.9 Å². The molecule has 0 atom stereocenters. The second-order valence-electron chi connectivity index (χ2n) is 5.56. The van der Waals surface area contributed by atoms with Gasteiger partial charge in [-0.2, -0.15) is 5.10 Å². The minimum Gasteiger partial charge on any atom is -0.478 e. The monoisotopic (exact) mass is 379 g/mol. The summed E-state index contributed by atoms with van der Waals surface area (Å²) >= 11 is 0. The summed E-state index contributed by atoms with van der Waals surface area (Å²) in [4.78, 5) is 33.4. The number of nitrogens with zero attached hydrogens (tertiary/aromatic N) is 2. The Bertz CT molecular complexity index is 1090. The van der Waals surface area contributed by atoms with Gasteiger partial charge in [0.05, 0.1) is 16.7 Å². The maximum Gasteiger partial charge on any atom is 0.335 e.